The summed E-state index contributed by atoms with van der Waals surface area (Å²) in [5, 5.41) is 0. The predicted octanol–water partition coefficient (Wildman–Crippen LogP) is 3.29. The Balaban J connectivity index is 2.98. The average Bonchev–Trinajstić information content (AvgIpc) is 2.28. The minimum Gasteiger partial charge on any atom is -0.384 e. The molecule has 0 amide bonds. The molecule has 0 heterocycles. The fourth-order valence-electron chi connectivity index (χ4n) is 1.83. The summed E-state index contributed by atoms with van der Waals surface area (Å²) < 4.78 is 5.19. The van der Waals surface area contributed by atoms with Gasteiger partial charge in [-0.1, -0.05) is 43.5 Å². The number of rotatable bonds is 5. The molecule has 2 atom stereocenters. The highest BCUT2D eigenvalue weighted by Gasteiger charge is 2.20. The molecular weight excluding hydrogens is 184 g/mol. The molecule has 0 saturated heterocycles. The van der Waals surface area contributed by atoms with Crippen LogP contribution in [0.3, 0.4) is 0 Å². The van der Waals surface area contributed by atoms with Gasteiger partial charge in [0, 0.05) is 18.9 Å². The number of ether oxygens (including phenoxy) is 1. The minimum atomic E-state index is 0.321. The third kappa shape index (κ3) is 2.57. The number of hydrogen-bond acceptors (Lipinski definition) is 1. The van der Waals surface area contributed by atoms with Gasteiger partial charge in [0.1, 0.15) is 0 Å². The summed E-state index contributed by atoms with van der Waals surface area (Å²) in [6.07, 6.45) is 10.0. The molecule has 0 aromatic rings. The van der Waals surface area contributed by atoms with Crippen LogP contribution in [0.25, 0.3) is 0 Å². The van der Waals surface area contributed by atoms with Gasteiger partial charge in [-0.05, 0) is 11.1 Å². The Morgan fingerprint density at radius 1 is 1.20 bits per heavy atom. The van der Waals surface area contributed by atoms with E-state index in [2.05, 4.69) is 31.9 Å². The maximum atomic E-state index is 5.19. The first-order chi connectivity index (χ1) is 7.26. The molecule has 1 aliphatic carbocycles. The molecule has 1 heteroatoms. The predicted molar refractivity (Wildman–Crippen MR) is 65.6 cm³/mol. The van der Waals surface area contributed by atoms with Gasteiger partial charge in [-0.2, -0.15) is 0 Å². The van der Waals surface area contributed by atoms with Gasteiger partial charge in [0.05, 0.1) is 6.61 Å². The van der Waals surface area contributed by atoms with Crippen LogP contribution in [0.2, 0.25) is 0 Å². The third-order valence-electron chi connectivity index (χ3n) is 2.66. The van der Waals surface area contributed by atoms with Crippen LogP contribution < -0.4 is 0 Å². The van der Waals surface area contributed by atoms with Crippen molar-refractivity contribution < 1.29 is 4.74 Å². The summed E-state index contributed by atoms with van der Waals surface area (Å²) in [6, 6.07) is 0. The quantitative estimate of drug-likeness (QED) is 0.622. The monoisotopic (exact) mass is 202 g/mol. The zero-order chi connectivity index (χ0) is 11.3. The molecule has 0 fully saturated rings. The van der Waals surface area contributed by atoms with E-state index in [1.807, 2.05) is 18.2 Å². The van der Waals surface area contributed by atoms with Crippen molar-refractivity contribution in [2.45, 2.75) is 0 Å². The first kappa shape index (κ1) is 11.7. The van der Waals surface area contributed by atoms with Crippen molar-refractivity contribution in [2.24, 2.45) is 11.8 Å². The van der Waals surface area contributed by atoms with Crippen LogP contribution in [0.15, 0.2) is 61.3 Å². The molecule has 15 heavy (non-hydrogen) atoms. The Hall–Kier alpha value is -1.34. The van der Waals surface area contributed by atoms with Gasteiger partial charge < -0.3 is 4.74 Å². The molecule has 0 saturated carbocycles. The van der Waals surface area contributed by atoms with Gasteiger partial charge in [0.25, 0.3) is 0 Å². The summed E-state index contributed by atoms with van der Waals surface area (Å²) in [4.78, 5) is 0. The van der Waals surface area contributed by atoms with Crippen molar-refractivity contribution in [3.8, 4) is 0 Å². The van der Waals surface area contributed by atoms with E-state index >= 15 is 0 Å². The Morgan fingerprint density at radius 3 is 2.27 bits per heavy atom. The van der Waals surface area contributed by atoms with Gasteiger partial charge in [-0.25, -0.2) is 0 Å². The molecule has 0 N–H and O–H groups in total. The van der Waals surface area contributed by atoms with Gasteiger partial charge in [-0.15, -0.1) is 6.58 Å². The first-order valence-corrected chi connectivity index (χ1v) is 5.07. The number of hydrogen-bond donors (Lipinski definition) is 0. The number of methoxy groups -OCH3 is 1. The van der Waals surface area contributed by atoms with E-state index < -0.39 is 0 Å². The van der Waals surface area contributed by atoms with E-state index in [4.69, 9.17) is 4.74 Å². The smallest absolute Gasteiger partial charge is 0.0534 e. The average molecular weight is 202 g/mol. The summed E-state index contributed by atoms with van der Waals surface area (Å²) in [7, 11) is 1.72. The first-order valence-electron chi connectivity index (χ1n) is 5.07. The van der Waals surface area contributed by atoms with Crippen LogP contribution >= 0.6 is 0 Å². The molecule has 0 aromatic heterocycles. The molecule has 80 valence electrons. The lowest BCUT2D eigenvalue weighted by molar-refractivity contribution is 0.160. The van der Waals surface area contributed by atoms with Crippen molar-refractivity contribution in [3.63, 3.8) is 0 Å². The molecule has 0 radical (unpaired) electrons. The molecule has 2 unspecified atom stereocenters. The second-order valence-electron chi connectivity index (χ2n) is 3.58. The maximum absolute atomic E-state index is 5.19. The molecule has 1 nitrogen and oxygen atoms in total. The lowest BCUT2D eigenvalue weighted by Crippen LogP contribution is -2.18. The van der Waals surface area contributed by atoms with Crippen LogP contribution in [0, 0.1) is 11.8 Å². The maximum Gasteiger partial charge on any atom is 0.0534 e. The highest BCUT2D eigenvalue weighted by molar-refractivity contribution is 5.48. The van der Waals surface area contributed by atoms with E-state index in [-0.39, 0.29) is 0 Å². The SMILES string of the molecule is C=CC1=CC(C=C)C(COC)C=C1C=C. The standard InChI is InChI=1S/C14H18O/c1-5-11-8-13(7-3)14(10-15-4)9-12(11)6-2/h5-9,13-14H,1-3,10H2,4H3. The topological polar surface area (TPSA) is 9.23 Å². The summed E-state index contributed by atoms with van der Waals surface area (Å²) in [6.45, 7) is 12.2. The van der Waals surface area contributed by atoms with Crippen molar-refractivity contribution in [2.75, 3.05) is 13.7 Å². The largest absolute Gasteiger partial charge is 0.384 e. The normalized spacial score (nSPS) is 25.1. The van der Waals surface area contributed by atoms with E-state index in [9.17, 15) is 0 Å². The fraction of sp³-hybridized carbons (Fsp3) is 0.286. The lowest BCUT2D eigenvalue weighted by atomic mass is 9.82. The highest BCUT2D eigenvalue weighted by atomic mass is 16.5. The molecule has 0 spiro atoms. The van der Waals surface area contributed by atoms with Crippen molar-refractivity contribution in [1.29, 1.82) is 0 Å². The van der Waals surface area contributed by atoms with E-state index in [1.165, 1.54) is 0 Å². The molecule has 1 rings (SSSR count). The molecule has 0 aromatic carbocycles. The highest BCUT2D eigenvalue weighted by Crippen LogP contribution is 2.29. The van der Waals surface area contributed by atoms with Crippen LogP contribution in [0.5, 0.6) is 0 Å². The zero-order valence-electron chi connectivity index (χ0n) is 9.28. The Kier molecular flexibility index (Phi) is 4.32. The molecule has 0 aliphatic heterocycles. The second-order valence-corrected chi connectivity index (χ2v) is 3.58. The minimum absolute atomic E-state index is 0.321. The third-order valence-corrected chi connectivity index (χ3v) is 2.66. The van der Waals surface area contributed by atoms with Gasteiger partial charge in [0.2, 0.25) is 0 Å². The van der Waals surface area contributed by atoms with E-state index in [1.54, 1.807) is 7.11 Å². The summed E-state index contributed by atoms with van der Waals surface area (Å²) >= 11 is 0. The second kappa shape index (κ2) is 5.52. The van der Waals surface area contributed by atoms with Gasteiger partial charge in [0.15, 0.2) is 0 Å². The van der Waals surface area contributed by atoms with Gasteiger partial charge >= 0.3 is 0 Å². The molecular formula is C14H18O. The Morgan fingerprint density at radius 2 is 1.80 bits per heavy atom. The van der Waals surface area contributed by atoms with Crippen molar-refractivity contribution in [3.05, 3.63) is 61.3 Å². The van der Waals surface area contributed by atoms with Crippen molar-refractivity contribution >= 4 is 0 Å². The van der Waals surface area contributed by atoms with Crippen LogP contribution in [0.4, 0.5) is 0 Å². The lowest BCUT2D eigenvalue weighted by Gasteiger charge is -2.24. The van der Waals surface area contributed by atoms with Crippen molar-refractivity contribution in [1.82, 2.24) is 0 Å². The van der Waals surface area contributed by atoms with E-state index in [0.717, 1.165) is 11.1 Å². The summed E-state index contributed by atoms with van der Waals surface area (Å²) in [5.74, 6) is 0.672. The summed E-state index contributed by atoms with van der Waals surface area (Å²) in [5.41, 5.74) is 2.26. The molecule has 1 aliphatic rings. The van der Waals surface area contributed by atoms with Crippen LogP contribution in [-0.4, -0.2) is 13.7 Å². The van der Waals surface area contributed by atoms with E-state index in [0.29, 0.717) is 18.4 Å². The fourth-order valence-corrected chi connectivity index (χ4v) is 1.83. The number of allylic oxidation sites excluding steroid dienone is 6. The Labute approximate surface area is 92.1 Å². The Bertz CT molecular complexity index is 320. The van der Waals surface area contributed by atoms with Gasteiger partial charge in [-0.3, -0.25) is 0 Å². The van der Waals surface area contributed by atoms with Crippen LogP contribution in [0.1, 0.15) is 0 Å². The molecule has 0 bridgehead atoms. The van der Waals surface area contributed by atoms with Crippen LogP contribution in [-0.2, 0) is 4.74 Å². The zero-order valence-corrected chi connectivity index (χ0v) is 9.28.